The largest absolute Gasteiger partial charge is 0.347 e. The average molecular weight is 381 g/mol. The summed E-state index contributed by atoms with van der Waals surface area (Å²) in [5.74, 6) is 0. The standard InChI is InChI=1S/C19H19N5O4/c1-19(2)14-6-4-5-7-16(14)22(3)18(19)10-11-20-21-15-9-8-13(23(25)26)12-17(15)24(27)28/h4-12,21H,1-3H3/b18-10-,20-11-. The number of anilines is 2. The summed E-state index contributed by atoms with van der Waals surface area (Å²) in [4.78, 5) is 22.7. The third kappa shape index (κ3) is 3.29. The van der Waals surface area contributed by atoms with Crippen molar-refractivity contribution >= 4 is 29.0 Å². The van der Waals surface area contributed by atoms with Gasteiger partial charge in [0.2, 0.25) is 0 Å². The minimum absolute atomic E-state index is 0.0765. The van der Waals surface area contributed by atoms with Crippen LogP contribution in [-0.2, 0) is 5.41 Å². The lowest BCUT2D eigenvalue weighted by Crippen LogP contribution is -2.23. The third-order valence-electron chi connectivity index (χ3n) is 4.82. The zero-order chi connectivity index (χ0) is 20.5. The van der Waals surface area contributed by atoms with Crippen LogP contribution in [0, 0.1) is 20.2 Å². The van der Waals surface area contributed by atoms with E-state index in [-0.39, 0.29) is 16.8 Å². The van der Waals surface area contributed by atoms with Crippen LogP contribution in [0.5, 0.6) is 0 Å². The number of benzene rings is 2. The number of para-hydroxylation sites is 1. The molecule has 3 rings (SSSR count). The molecule has 1 aliphatic rings. The van der Waals surface area contributed by atoms with Crippen molar-refractivity contribution in [1.29, 1.82) is 0 Å². The second kappa shape index (κ2) is 7.10. The lowest BCUT2D eigenvalue weighted by molar-refractivity contribution is -0.393. The number of rotatable bonds is 5. The molecular weight excluding hydrogens is 362 g/mol. The fourth-order valence-corrected chi connectivity index (χ4v) is 3.40. The Labute approximate surface area is 161 Å². The first kappa shape index (κ1) is 19.0. The molecule has 0 unspecified atom stereocenters. The number of hydrogen-bond donors (Lipinski definition) is 1. The van der Waals surface area contributed by atoms with Gasteiger partial charge in [-0.2, -0.15) is 5.10 Å². The van der Waals surface area contributed by atoms with Gasteiger partial charge < -0.3 is 4.90 Å². The molecular formula is C19H19N5O4. The predicted octanol–water partition coefficient (Wildman–Crippen LogP) is 4.21. The highest BCUT2D eigenvalue weighted by Gasteiger charge is 2.37. The fraction of sp³-hybridized carbons (Fsp3) is 0.211. The van der Waals surface area contributed by atoms with Gasteiger partial charge in [-0.1, -0.05) is 32.0 Å². The van der Waals surface area contributed by atoms with Crippen LogP contribution in [0.4, 0.5) is 22.7 Å². The van der Waals surface area contributed by atoms with E-state index in [0.717, 1.165) is 17.5 Å². The van der Waals surface area contributed by atoms with Gasteiger partial charge in [0.05, 0.1) is 15.9 Å². The Bertz CT molecular complexity index is 1010. The van der Waals surface area contributed by atoms with Crippen molar-refractivity contribution in [3.8, 4) is 0 Å². The van der Waals surface area contributed by atoms with E-state index >= 15 is 0 Å². The van der Waals surface area contributed by atoms with Crippen molar-refractivity contribution in [3.05, 3.63) is 80.0 Å². The lowest BCUT2D eigenvalue weighted by Gasteiger charge is -2.23. The zero-order valence-corrected chi connectivity index (χ0v) is 15.6. The molecule has 0 radical (unpaired) electrons. The minimum Gasteiger partial charge on any atom is -0.347 e. The zero-order valence-electron chi connectivity index (χ0n) is 15.6. The summed E-state index contributed by atoms with van der Waals surface area (Å²) in [6, 6.07) is 11.5. The molecule has 0 atom stereocenters. The van der Waals surface area contributed by atoms with Crippen molar-refractivity contribution in [2.75, 3.05) is 17.4 Å². The molecule has 0 saturated heterocycles. The van der Waals surface area contributed by atoms with E-state index < -0.39 is 15.5 Å². The van der Waals surface area contributed by atoms with Gasteiger partial charge in [0, 0.05) is 36.1 Å². The van der Waals surface area contributed by atoms with Crippen LogP contribution in [0.15, 0.2) is 59.3 Å². The number of likely N-dealkylation sites (N-methyl/N-ethyl adjacent to an activating group) is 1. The molecule has 0 fully saturated rings. The van der Waals surface area contributed by atoms with Crippen molar-refractivity contribution in [2.45, 2.75) is 19.3 Å². The summed E-state index contributed by atoms with van der Waals surface area (Å²) in [5, 5.41) is 26.0. The van der Waals surface area contributed by atoms with E-state index in [9.17, 15) is 20.2 Å². The van der Waals surface area contributed by atoms with Gasteiger partial charge in [0.1, 0.15) is 5.69 Å². The molecule has 0 spiro atoms. The molecule has 2 aromatic carbocycles. The third-order valence-corrected chi connectivity index (χ3v) is 4.82. The number of hydrazone groups is 1. The topological polar surface area (TPSA) is 114 Å². The van der Waals surface area contributed by atoms with Crippen LogP contribution >= 0.6 is 0 Å². The molecule has 0 aliphatic carbocycles. The predicted molar refractivity (Wildman–Crippen MR) is 108 cm³/mol. The quantitative estimate of drug-likeness (QED) is 0.471. The summed E-state index contributed by atoms with van der Waals surface area (Å²) < 4.78 is 0. The maximum Gasteiger partial charge on any atom is 0.301 e. The van der Waals surface area contributed by atoms with Crippen LogP contribution in [-0.4, -0.2) is 23.1 Å². The summed E-state index contributed by atoms with van der Waals surface area (Å²) in [6.45, 7) is 4.23. The summed E-state index contributed by atoms with van der Waals surface area (Å²) in [6.07, 6.45) is 3.36. The molecule has 28 heavy (non-hydrogen) atoms. The smallest absolute Gasteiger partial charge is 0.301 e. The van der Waals surface area contributed by atoms with E-state index in [1.54, 1.807) is 0 Å². The van der Waals surface area contributed by atoms with Crippen molar-refractivity contribution in [2.24, 2.45) is 5.10 Å². The van der Waals surface area contributed by atoms with Crippen LogP contribution in [0.2, 0.25) is 0 Å². The maximum absolute atomic E-state index is 11.2. The number of nitro benzene ring substituents is 2. The SMILES string of the molecule is CN1/C(=C\C=N/Nc2ccc([N+](=O)[O-])cc2[N+](=O)[O-])C(C)(C)c2ccccc21. The first-order valence-corrected chi connectivity index (χ1v) is 8.49. The van der Waals surface area contributed by atoms with Gasteiger partial charge >= 0.3 is 5.69 Å². The first-order valence-electron chi connectivity index (χ1n) is 8.49. The highest BCUT2D eigenvalue weighted by atomic mass is 16.6. The Morgan fingerprint density at radius 2 is 1.82 bits per heavy atom. The molecule has 1 aliphatic heterocycles. The normalized spacial score (nSPS) is 16.4. The van der Waals surface area contributed by atoms with E-state index in [1.165, 1.54) is 23.9 Å². The van der Waals surface area contributed by atoms with Crippen LogP contribution in [0.3, 0.4) is 0 Å². The second-order valence-electron chi connectivity index (χ2n) is 6.86. The van der Waals surface area contributed by atoms with Gasteiger partial charge in [-0.25, -0.2) is 0 Å². The van der Waals surface area contributed by atoms with E-state index in [0.29, 0.717) is 0 Å². The molecule has 0 bridgehead atoms. The Morgan fingerprint density at radius 1 is 1.11 bits per heavy atom. The Morgan fingerprint density at radius 3 is 2.46 bits per heavy atom. The Kier molecular flexibility index (Phi) is 4.83. The number of non-ortho nitro benzene ring substituents is 1. The highest BCUT2D eigenvalue weighted by Crippen LogP contribution is 2.46. The number of hydrogen-bond acceptors (Lipinski definition) is 7. The number of allylic oxidation sites excluding steroid dienone is 2. The lowest BCUT2D eigenvalue weighted by atomic mass is 9.84. The fourth-order valence-electron chi connectivity index (χ4n) is 3.40. The Hall–Kier alpha value is -3.75. The maximum atomic E-state index is 11.2. The summed E-state index contributed by atoms with van der Waals surface area (Å²) >= 11 is 0. The monoisotopic (exact) mass is 381 g/mol. The number of nitrogens with one attached hydrogen (secondary N) is 1. The number of nitrogens with zero attached hydrogens (tertiary/aromatic N) is 4. The molecule has 1 N–H and O–H groups in total. The van der Waals surface area contributed by atoms with Crippen molar-refractivity contribution in [1.82, 2.24) is 0 Å². The van der Waals surface area contributed by atoms with Crippen LogP contribution in [0.1, 0.15) is 19.4 Å². The van der Waals surface area contributed by atoms with Gasteiger partial charge in [0.25, 0.3) is 5.69 Å². The summed E-state index contributed by atoms with van der Waals surface area (Å²) in [5.41, 5.74) is 5.04. The van der Waals surface area contributed by atoms with Crippen molar-refractivity contribution < 1.29 is 9.85 Å². The molecule has 9 heteroatoms. The average Bonchev–Trinajstić information content (AvgIpc) is 2.85. The molecule has 1 heterocycles. The molecule has 144 valence electrons. The summed E-state index contributed by atoms with van der Waals surface area (Å²) in [7, 11) is 1.97. The van der Waals surface area contributed by atoms with E-state index in [4.69, 9.17) is 0 Å². The van der Waals surface area contributed by atoms with E-state index in [2.05, 4.69) is 35.3 Å². The molecule has 0 amide bonds. The van der Waals surface area contributed by atoms with Gasteiger partial charge in [-0.15, -0.1) is 0 Å². The van der Waals surface area contributed by atoms with Gasteiger partial charge in [-0.05, 0) is 23.8 Å². The van der Waals surface area contributed by atoms with E-state index in [1.807, 2.05) is 31.3 Å². The molecule has 0 saturated carbocycles. The minimum atomic E-state index is -0.687. The van der Waals surface area contributed by atoms with Gasteiger partial charge in [0.15, 0.2) is 0 Å². The Balaban J connectivity index is 1.83. The molecule has 9 nitrogen and oxygen atoms in total. The first-order chi connectivity index (χ1) is 13.2. The second-order valence-corrected chi connectivity index (χ2v) is 6.86. The van der Waals surface area contributed by atoms with Crippen LogP contribution in [0.25, 0.3) is 0 Å². The van der Waals surface area contributed by atoms with Crippen LogP contribution < -0.4 is 10.3 Å². The molecule has 2 aromatic rings. The number of nitro groups is 2. The molecule has 0 aromatic heterocycles. The van der Waals surface area contributed by atoms with Gasteiger partial charge in [-0.3, -0.25) is 25.7 Å². The number of fused-ring (bicyclic) bond motifs is 1. The van der Waals surface area contributed by atoms with Crippen molar-refractivity contribution in [3.63, 3.8) is 0 Å². The highest BCUT2D eigenvalue weighted by molar-refractivity contribution is 5.80.